The third-order valence-corrected chi connectivity index (χ3v) is 6.00. The van der Waals surface area contributed by atoms with Crippen molar-refractivity contribution in [2.45, 2.75) is 30.8 Å². The summed E-state index contributed by atoms with van der Waals surface area (Å²) in [5.41, 5.74) is 0.996. The quantitative estimate of drug-likeness (QED) is 0.617. The first-order valence-electron chi connectivity index (χ1n) is 9.98. The molecule has 0 unspecified atom stereocenters. The molecule has 4 rings (SSSR count). The lowest BCUT2D eigenvalue weighted by Crippen LogP contribution is -2.17. The number of amides is 1. The molecular weight excluding hydrogens is 457 g/mol. The summed E-state index contributed by atoms with van der Waals surface area (Å²) in [5.74, 6) is 0.292. The number of benzene rings is 2. The fourth-order valence-electron chi connectivity index (χ4n) is 3.21. The summed E-state index contributed by atoms with van der Waals surface area (Å²) < 4.78 is 63.2. The van der Waals surface area contributed by atoms with Gasteiger partial charge in [-0.1, -0.05) is 29.8 Å². The number of hydrogen-bond donors (Lipinski definition) is 1. The van der Waals surface area contributed by atoms with Crippen molar-refractivity contribution in [2.24, 2.45) is 5.14 Å². The standard InChI is InChI=1S/C17H14F3N3O2S.C5H9NO/c1-11-2-4-12(5-3-11)15-10-16(17(18,19)20)22-23(15)13-6-8-14(9-7-13)26(21,24)25;1-6-4-2-3-5(6)7/h2-10H,1H3,(H2,21,24,25);2-4H2,1H3. The second kappa shape index (κ2) is 9.36. The fraction of sp³-hybridized carbons (Fsp3) is 0.273. The Labute approximate surface area is 189 Å². The number of alkyl halides is 3. The van der Waals surface area contributed by atoms with Gasteiger partial charge < -0.3 is 4.90 Å². The van der Waals surface area contributed by atoms with Crippen molar-refractivity contribution in [3.05, 3.63) is 65.9 Å². The van der Waals surface area contributed by atoms with Gasteiger partial charge in [-0.15, -0.1) is 0 Å². The number of primary sulfonamides is 1. The molecule has 176 valence electrons. The summed E-state index contributed by atoms with van der Waals surface area (Å²) in [6.07, 6.45) is -2.79. The van der Waals surface area contributed by atoms with E-state index in [0.29, 0.717) is 11.5 Å². The predicted molar refractivity (Wildman–Crippen MR) is 117 cm³/mol. The van der Waals surface area contributed by atoms with E-state index in [1.807, 2.05) is 14.0 Å². The van der Waals surface area contributed by atoms with Gasteiger partial charge in [0.05, 0.1) is 16.3 Å². The van der Waals surface area contributed by atoms with Gasteiger partial charge in [0, 0.05) is 25.6 Å². The van der Waals surface area contributed by atoms with Gasteiger partial charge in [-0.3, -0.25) is 4.79 Å². The van der Waals surface area contributed by atoms with E-state index in [9.17, 15) is 26.4 Å². The number of hydrogen-bond acceptors (Lipinski definition) is 4. The lowest BCUT2D eigenvalue weighted by molar-refractivity contribution is -0.141. The third kappa shape index (κ3) is 5.99. The lowest BCUT2D eigenvalue weighted by Gasteiger charge is -2.09. The summed E-state index contributed by atoms with van der Waals surface area (Å²) in [4.78, 5) is 12.1. The fourth-order valence-corrected chi connectivity index (χ4v) is 3.72. The Morgan fingerprint density at radius 3 is 2.06 bits per heavy atom. The van der Waals surface area contributed by atoms with E-state index in [0.717, 1.165) is 35.7 Å². The summed E-state index contributed by atoms with van der Waals surface area (Å²) >= 11 is 0. The molecular formula is C22H23F3N4O3S. The number of sulfonamides is 1. The average molecular weight is 481 g/mol. The average Bonchev–Trinajstić information content (AvgIpc) is 3.35. The number of nitrogens with two attached hydrogens (primary N) is 1. The normalized spacial score (nSPS) is 14.2. The second-order valence-corrected chi connectivity index (χ2v) is 9.21. The van der Waals surface area contributed by atoms with Crippen molar-refractivity contribution < 1.29 is 26.4 Å². The molecule has 1 amide bonds. The van der Waals surface area contributed by atoms with Crippen molar-refractivity contribution in [1.82, 2.24) is 14.7 Å². The van der Waals surface area contributed by atoms with E-state index >= 15 is 0 Å². The van der Waals surface area contributed by atoms with Crippen molar-refractivity contribution in [2.75, 3.05) is 13.6 Å². The van der Waals surface area contributed by atoms with Crippen LogP contribution in [0.3, 0.4) is 0 Å². The molecule has 0 spiro atoms. The largest absolute Gasteiger partial charge is 0.435 e. The van der Waals surface area contributed by atoms with E-state index in [1.54, 1.807) is 29.2 Å². The first-order chi connectivity index (χ1) is 15.4. The molecule has 1 aliphatic heterocycles. The van der Waals surface area contributed by atoms with Crippen LogP contribution in [0.15, 0.2) is 59.5 Å². The zero-order chi connectivity index (χ0) is 24.4. The van der Waals surface area contributed by atoms with Gasteiger partial charge in [0.25, 0.3) is 0 Å². The van der Waals surface area contributed by atoms with Crippen molar-refractivity contribution in [3.63, 3.8) is 0 Å². The van der Waals surface area contributed by atoms with E-state index in [4.69, 9.17) is 5.14 Å². The third-order valence-electron chi connectivity index (χ3n) is 5.07. The topological polar surface area (TPSA) is 98.3 Å². The molecule has 0 radical (unpaired) electrons. The van der Waals surface area contributed by atoms with Crippen LogP contribution < -0.4 is 5.14 Å². The smallest absolute Gasteiger partial charge is 0.346 e. The van der Waals surface area contributed by atoms with Gasteiger partial charge in [0.2, 0.25) is 15.9 Å². The number of carbonyl (C=O) groups is 1. The molecule has 33 heavy (non-hydrogen) atoms. The van der Waals surface area contributed by atoms with Crippen LogP contribution in [-0.4, -0.2) is 42.6 Å². The van der Waals surface area contributed by atoms with Gasteiger partial charge in [-0.2, -0.15) is 18.3 Å². The van der Waals surface area contributed by atoms with Crippen LogP contribution in [0.1, 0.15) is 24.1 Å². The number of aromatic nitrogens is 2. The first-order valence-corrected chi connectivity index (χ1v) is 11.5. The zero-order valence-corrected chi connectivity index (χ0v) is 18.8. The summed E-state index contributed by atoms with van der Waals surface area (Å²) in [6.45, 7) is 2.83. The maximum Gasteiger partial charge on any atom is 0.435 e. The van der Waals surface area contributed by atoms with Crippen molar-refractivity contribution >= 4 is 15.9 Å². The molecule has 0 saturated carbocycles. The Morgan fingerprint density at radius 2 is 1.64 bits per heavy atom. The van der Waals surface area contributed by atoms with Crippen LogP contribution in [0.5, 0.6) is 0 Å². The molecule has 1 aromatic heterocycles. The van der Waals surface area contributed by atoms with Crippen molar-refractivity contribution in [3.8, 4) is 16.9 Å². The molecule has 2 heterocycles. The molecule has 1 fully saturated rings. The van der Waals surface area contributed by atoms with Gasteiger partial charge in [0.1, 0.15) is 0 Å². The van der Waals surface area contributed by atoms with Crippen molar-refractivity contribution in [1.29, 1.82) is 0 Å². The number of nitrogens with zero attached hydrogens (tertiary/aromatic N) is 3. The van der Waals surface area contributed by atoms with Crippen LogP contribution in [0.2, 0.25) is 0 Å². The number of likely N-dealkylation sites (tertiary alicyclic amines) is 1. The SMILES string of the molecule is CN1CCCC1=O.Cc1ccc(-c2cc(C(F)(F)F)nn2-c2ccc(S(N)(=O)=O)cc2)cc1. The Hall–Kier alpha value is -3.18. The number of halogens is 3. The number of rotatable bonds is 3. The highest BCUT2D eigenvalue weighted by molar-refractivity contribution is 7.89. The maximum absolute atomic E-state index is 13.1. The van der Waals surface area contributed by atoms with E-state index in [2.05, 4.69) is 5.10 Å². The summed E-state index contributed by atoms with van der Waals surface area (Å²) in [7, 11) is -2.05. The molecule has 0 bridgehead atoms. The summed E-state index contributed by atoms with van der Waals surface area (Å²) in [5, 5.41) is 8.70. The van der Waals surface area contributed by atoms with Crippen LogP contribution in [0, 0.1) is 6.92 Å². The minimum Gasteiger partial charge on any atom is -0.346 e. The highest BCUT2D eigenvalue weighted by Gasteiger charge is 2.35. The monoisotopic (exact) mass is 480 g/mol. The molecule has 2 aromatic carbocycles. The van der Waals surface area contributed by atoms with Crippen LogP contribution in [0.4, 0.5) is 13.2 Å². The van der Waals surface area contributed by atoms with E-state index in [1.165, 1.54) is 24.3 Å². The van der Waals surface area contributed by atoms with Gasteiger partial charge in [-0.25, -0.2) is 18.2 Å². The van der Waals surface area contributed by atoms with Crippen LogP contribution in [0.25, 0.3) is 16.9 Å². The van der Waals surface area contributed by atoms with Gasteiger partial charge >= 0.3 is 6.18 Å². The molecule has 0 aliphatic carbocycles. The van der Waals surface area contributed by atoms with E-state index in [-0.39, 0.29) is 16.3 Å². The molecule has 1 aliphatic rings. The second-order valence-electron chi connectivity index (χ2n) is 7.65. The predicted octanol–water partition coefficient (Wildman–Crippen LogP) is 3.75. The number of aryl methyl sites for hydroxylation is 1. The molecule has 7 nitrogen and oxygen atoms in total. The molecule has 0 atom stereocenters. The molecule has 3 aromatic rings. The minimum absolute atomic E-state index is 0.138. The Balaban J connectivity index is 0.000000374. The highest BCUT2D eigenvalue weighted by atomic mass is 32.2. The number of carbonyl (C=O) groups excluding carboxylic acids is 1. The molecule has 11 heteroatoms. The van der Waals surface area contributed by atoms with Gasteiger partial charge in [0.15, 0.2) is 5.69 Å². The van der Waals surface area contributed by atoms with E-state index < -0.39 is 21.9 Å². The summed E-state index contributed by atoms with van der Waals surface area (Å²) in [6, 6.07) is 13.1. The highest BCUT2D eigenvalue weighted by Crippen LogP contribution is 2.33. The van der Waals surface area contributed by atoms with Gasteiger partial charge in [-0.05, 0) is 43.7 Å². The maximum atomic E-state index is 13.1. The lowest BCUT2D eigenvalue weighted by atomic mass is 10.1. The molecule has 1 saturated heterocycles. The molecule has 2 N–H and O–H groups in total. The minimum atomic E-state index is -4.61. The Bertz CT molecular complexity index is 1240. The van der Waals surface area contributed by atoms with Crippen LogP contribution in [-0.2, 0) is 21.0 Å². The Morgan fingerprint density at radius 1 is 1.03 bits per heavy atom. The zero-order valence-electron chi connectivity index (χ0n) is 18.0. The van der Waals surface area contributed by atoms with Crippen LogP contribution >= 0.6 is 0 Å². The first kappa shape index (κ1) is 24.5. The Kier molecular flexibility index (Phi) is 6.94.